The van der Waals surface area contributed by atoms with Gasteiger partial charge in [-0.05, 0) is 48.5 Å². The molecule has 10 nitrogen and oxygen atoms in total. The molecule has 0 bridgehead atoms. The first-order valence-corrected chi connectivity index (χ1v) is 11.8. The Labute approximate surface area is 196 Å². The number of nitrogens with zero attached hydrogens (tertiary/aromatic N) is 1. The van der Waals surface area contributed by atoms with Gasteiger partial charge < -0.3 is 24.5 Å². The van der Waals surface area contributed by atoms with Crippen LogP contribution in [-0.2, 0) is 26.2 Å². The van der Waals surface area contributed by atoms with E-state index in [2.05, 4.69) is 10.6 Å². The molecular formula is C23H23N3O7S. The summed E-state index contributed by atoms with van der Waals surface area (Å²) in [7, 11) is -4.07. The molecule has 3 aromatic rings. The van der Waals surface area contributed by atoms with Crippen molar-refractivity contribution in [2.24, 2.45) is 0 Å². The summed E-state index contributed by atoms with van der Waals surface area (Å²) in [6.07, 6.45) is 1.43. The number of ether oxygens (including phenoxy) is 2. The number of carbonyl (C=O) groups excluding carboxylic acids is 2. The minimum atomic E-state index is -4.07. The van der Waals surface area contributed by atoms with Crippen LogP contribution in [0, 0.1) is 0 Å². The lowest BCUT2D eigenvalue weighted by Gasteiger charge is -2.22. The Morgan fingerprint density at radius 3 is 2.32 bits per heavy atom. The molecule has 11 heteroatoms. The van der Waals surface area contributed by atoms with Crippen LogP contribution in [-0.4, -0.2) is 44.3 Å². The van der Waals surface area contributed by atoms with Crippen LogP contribution in [0.1, 0.15) is 12.7 Å². The van der Waals surface area contributed by atoms with Crippen molar-refractivity contribution in [2.45, 2.75) is 18.4 Å². The van der Waals surface area contributed by atoms with Crippen LogP contribution < -0.4 is 20.1 Å². The van der Waals surface area contributed by atoms with Crippen LogP contribution in [0.15, 0.2) is 70.2 Å². The van der Waals surface area contributed by atoms with Gasteiger partial charge in [-0.3, -0.25) is 9.59 Å². The molecule has 2 heterocycles. The predicted octanol–water partition coefficient (Wildman–Crippen LogP) is 2.84. The van der Waals surface area contributed by atoms with Gasteiger partial charge in [0.1, 0.15) is 19.0 Å². The Morgan fingerprint density at radius 1 is 0.941 bits per heavy atom. The summed E-state index contributed by atoms with van der Waals surface area (Å²) in [5, 5.41) is 5.28. The number of hydrogen-bond acceptors (Lipinski definition) is 7. The first kappa shape index (κ1) is 23.3. The van der Waals surface area contributed by atoms with E-state index in [1.807, 2.05) is 0 Å². The third-order valence-electron chi connectivity index (χ3n) is 4.87. The molecule has 0 aliphatic carbocycles. The second-order valence-corrected chi connectivity index (χ2v) is 9.40. The highest BCUT2D eigenvalue weighted by Gasteiger charge is 2.28. The van der Waals surface area contributed by atoms with Crippen molar-refractivity contribution in [3.63, 3.8) is 0 Å². The average Bonchev–Trinajstić information content (AvgIpc) is 3.32. The fourth-order valence-electron chi connectivity index (χ4n) is 3.35. The van der Waals surface area contributed by atoms with Crippen LogP contribution in [0.5, 0.6) is 11.5 Å². The number of anilines is 2. The standard InChI is InChI=1S/C23H23N3O7S/c1-16(27)24-17-4-7-20(8-5-17)34(29,30)26(14-19-3-2-10-31-19)15-23(28)25-18-6-9-21-22(13-18)33-12-11-32-21/h2-10,13H,11-12,14-15H2,1H3,(H,24,27)(H,25,28). The van der Waals surface area contributed by atoms with Crippen LogP contribution in [0.4, 0.5) is 11.4 Å². The molecule has 4 rings (SSSR count). The first-order valence-electron chi connectivity index (χ1n) is 10.4. The van der Waals surface area contributed by atoms with Gasteiger partial charge in [-0.1, -0.05) is 0 Å². The minimum Gasteiger partial charge on any atom is -0.486 e. The summed E-state index contributed by atoms with van der Waals surface area (Å²) in [5.74, 6) is 0.649. The van der Waals surface area contributed by atoms with Crippen molar-refractivity contribution in [1.82, 2.24) is 4.31 Å². The number of fused-ring (bicyclic) bond motifs is 1. The van der Waals surface area contributed by atoms with Crippen LogP contribution >= 0.6 is 0 Å². The van der Waals surface area contributed by atoms with Crippen LogP contribution in [0.3, 0.4) is 0 Å². The molecule has 1 aromatic heterocycles. The number of benzene rings is 2. The van der Waals surface area contributed by atoms with Gasteiger partial charge in [-0.2, -0.15) is 4.31 Å². The van der Waals surface area contributed by atoms with Crippen LogP contribution in [0.25, 0.3) is 0 Å². The molecule has 2 N–H and O–H groups in total. The van der Waals surface area contributed by atoms with Crippen molar-refractivity contribution < 1.29 is 31.9 Å². The second-order valence-electron chi connectivity index (χ2n) is 7.46. The van der Waals surface area contributed by atoms with E-state index in [1.165, 1.54) is 37.5 Å². The zero-order valence-electron chi connectivity index (χ0n) is 18.3. The SMILES string of the molecule is CC(=O)Nc1ccc(S(=O)(=O)N(CC(=O)Nc2ccc3c(c2)OCCO3)Cc2ccco2)cc1. The lowest BCUT2D eigenvalue weighted by molar-refractivity contribution is -0.116. The normalized spacial score (nSPS) is 12.9. The van der Waals surface area contributed by atoms with Gasteiger partial charge >= 0.3 is 0 Å². The van der Waals surface area contributed by atoms with Gasteiger partial charge in [-0.25, -0.2) is 8.42 Å². The number of carbonyl (C=O) groups is 2. The highest BCUT2D eigenvalue weighted by Crippen LogP contribution is 2.32. The molecule has 2 aromatic carbocycles. The maximum atomic E-state index is 13.4. The zero-order valence-corrected chi connectivity index (χ0v) is 19.1. The number of amides is 2. The monoisotopic (exact) mass is 485 g/mol. The molecule has 178 valence electrons. The van der Waals surface area contributed by atoms with Gasteiger partial charge in [0.2, 0.25) is 21.8 Å². The summed E-state index contributed by atoms with van der Waals surface area (Å²) in [5.41, 5.74) is 0.907. The number of hydrogen-bond donors (Lipinski definition) is 2. The summed E-state index contributed by atoms with van der Waals surface area (Å²) < 4.78 is 44.0. The summed E-state index contributed by atoms with van der Waals surface area (Å²) in [6.45, 7) is 1.61. The zero-order chi connectivity index (χ0) is 24.1. The van der Waals surface area contributed by atoms with Crippen molar-refractivity contribution in [3.8, 4) is 11.5 Å². The van der Waals surface area contributed by atoms with Gasteiger partial charge in [0.25, 0.3) is 0 Å². The quantitative estimate of drug-likeness (QED) is 0.502. The molecule has 0 unspecified atom stereocenters. The summed E-state index contributed by atoms with van der Waals surface area (Å²) >= 11 is 0. The van der Waals surface area contributed by atoms with E-state index < -0.39 is 22.5 Å². The number of sulfonamides is 1. The molecule has 0 radical (unpaired) electrons. The van der Waals surface area contributed by atoms with E-state index >= 15 is 0 Å². The molecule has 0 saturated heterocycles. The Balaban J connectivity index is 1.53. The number of rotatable bonds is 8. The van der Waals surface area contributed by atoms with Crippen LogP contribution in [0.2, 0.25) is 0 Å². The van der Waals surface area contributed by atoms with Crippen molar-refractivity contribution in [3.05, 3.63) is 66.6 Å². The average molecular weight is 486 g/mol. The number of nitrogens with one attached hydrogen (secondary N) is 2. The molecule has 1 aliphatic rings. The Bertz CT molecular complexity index is 1270. The summed E-state index contributed by atoms with van der Waals surface area (Å²) in [4.78, 5) is 24.0. The van der Waals surface area contributed by atoms with E-state index in [4.69, 9.17) is 13.9 Å². The number of furan rings is 1. The van der Waals surface area contributed by atoms with E-state index in [1.54, 1.807) is 30.3 Å². The maximum absolute atomic E-state index is 13.4. The molecule has 0 fully saturated rings. The fourth-order valence-corrected chi connectivity index (χ4v) is 4.71. The molecule has 0 spiro atoms. The molecule has 0 saturated carbocycles. The summed E-state index contributed by atoms with van der Waals surface area (Å²) in [6, 6.07) is 13.9. The van der Waals surface area contributed by atoms with E-state index in [0.717, 1.165) is 4.31 Å². The molecule has 2 amide bonds. The smallest absolute Gasteiger partial charge is 0.243 e. The topological polar surface area (TPSA) is 127 Å². The predicted molar refractivity (Wildman–Crippen MR) is 123 cm³/mol. The molecule has 0 atom stereocenters. The Hall–Kier alpha value is -3.83. The maximum Gasteiger partial charge on any atom is 0.243 e. The minimum absolute atomic E-state index is 0.0275. The lowest BCUT2D eigenvalue weighted by Crippen LogP contribution is -2.37. The first-order chi connectivity index (χ1) is 16.3. The fraction of sp³-hybridized carbons (Fsp3) is 0.217. The third kappa shape index (κ3) is 5.56. The van der Waals surface area contributed by atoms with E-state index in [-0.39, 0.29) is 17.3 Å². The second kappa shape index (κ2) is 9.98. The molecule has 34 heavy (non-hydrogen) atoms. The van der Waals surface area contributed by atoms with E-state index in [9.17, 15) is 18.0 Å². The molecule has 1 aliphatic heterocycles. The van der Waals surface area contributed by atoms with E-state index in [0.29, 0.717) is 41.8 Å². The van der Waals surface area contributed by atoms with Crippen molar-refractivity contribution in [2.75, 3.05) is 30.4 Å². The van der Waals surface area contributed by atoms with Gasteiger partial charge in [-0.15, -0.1) is 0 Å². The van der Waals surface area contributed by atoms with Crippen molar-refractivity contribution >= 4 is 33.2 Å². The Morgan fingerprint density at radius 2 is 1.65 bits per heavy atom. The third-order valence-corrected chi connectivity index (χ3v) is 6.68. The Kier molecular flexibility index (Phi) is 6.85. The van der Waals surface area contributed by atoms with Gasteiger partial charge in [0.15, 0.2) is 11.5 Å². The van der Waals surface area contributed by atoms with Crippen molar-refractivity contribution in [1.29, 1.82) is 0 Å². The van der Waals surface area contributed by atoms with Gasteiger partial charge in [0.05, 0.1) is 24.2 Å². The largest absolute Gasteiger partial charge is 0.486 e. The lowest BCUT2D eigenvalue weighted by atomic mass is 10.2. The highest BCUT2D eigenvalue weighted by atomic mass is 32.2. The molecular weight excluding hydrogens is 462 g/mol. The highest BCUT2D eigenvalue weighted by molar-refractivity contribution is 7.89. The van der Waals surface area contributed by atoms with Gasteiger partial charge in [0, 0.05) is 24.4 Å².